The smallest absolute Gasteiger partial charge is 0.227 e. The van der Waals surface area contributed by atoms with Crippen molar-refractivity contribution in [2.45, 2.75) is 71.3 Å². The lowest BCUT2D eigenvalue weighted by atomic mass is 9.81. The van der Waals surface area contributed by atoms with Gasteiger partial charge in [-0.15, -0.1) is 0 Å². The van der Waals surface area contributed by atoms with E-state index in [-0.39, 0.29) is 23.8 Å². The van der Waals surface area contributed by atoms with Crippen LogP contribution in [0.15, 0.2) is 24.3 Å². The Balaban J connectivity index is 1.46. The molecule has 1 N–H and O–H groups in total. The van der Waals surface area contributed by atoms with Crippen LogP contribution in [0.5, 0.6) is 5.75 Å². The Labute approximate surface area is 168 Å². The Morgan fingerprint density at radius 2 is 1.50 bits per heavy atom. The van der Waals surface area contributed by atoms with E-state index in [1.807, 2.05) is 38.1 Å². The molecule has 1 aliphatic heterocycles. The highest BCUT2D eigenvalue weighted by atomic mass is 16.5. The predicted octanol–water partition coefficient (Wildman–Crippen LogP) is 4.62. The van der Waals surface area contributed by atoms with E-state index in [4.69, 9.17) is 4.74 Å². The molecule has 1 aromatic carbocycles. The quantitative estimate of drug-likeness (QED) is 0.803. The number of amides is 2. The lowest BCUT2D eigenvalue weighted by molar-refractivity contribution is -0.137. The van der Waals surface area contributed by atoms with Gasteiger partial charge in [-0.1, -0.05) is 12.8 Å². The summed E-state index contributed by atoms with van der Waals surface area (Å²) in [7, 11) is 0. The topological polar surface area (TPSA) is 58.6 Å². The van der Waals surface area contributed by atoms with Gasteiger partial charge >= 0.3 is 0 Å². The molecule has 2 aliphatic rings. The Morgan fingerprint density at radius 3 is 2.07 bits per heavy atom. The number of hydrogen-bond donors (Lipinski definition) is 1. The molecule has 154 valence electrons. The fraction of sp³-hybridized carbons (Fsp3) is 0.652. The van der Waals surface area contributed by atoms with E-state index in [0.29, 0.717) is 5.91 Å². The van der Waals surface area contributed by atoms with Crippen molar-refractivity contribution in [3.05, 3.63) is 24.3 Å². The summed E-state index contributed by atoms with van der Waals surface area (Å²) >= 11 is 0. The summed E-state index contributed by atoms with van der Waals surface area (Å²) in [5.41, 5.74) is 0.795. The van der Waals surface area contributed by atoms with E-state index in [9.17, 15) is 9.59 Å². The van der Waals surface area contributed by atoms with Crippen molar-refractivity contribution < 1.29 is 14.3 Å². The van der Waals surface area contributed by atoms with Gasteiger partial charge in [-0.2, -0.15) is 0 Å². The van der Waals surface area contributed by atoms with Crippen molar-refractivity contribution in [3.8, 4) is 5.75 Å². The van der Waals surface area contributed by atoms with Gasteiger partial charge in [0.2, 0.25) is 11.8 Å². The maximum Gasteiger partial charge on any atom is 0.227 e. The van der Waals surface area contributed by atoms with Crippen LogP contribution < -0.4 is 10.1 Å². The first-order chi connectivity index (χ1) is 13.5. The highest BCUT2D eigenvalue weighted by Gasteiger charge is 2.32. The second kappa shape index (κ2) is 9.94. The number of anilines is 1. The monoisotopic (exact) mass is 386 g/mol. The molecule has 0 bridgehead atoms. The number of nitrogens with one attached hydrogen (secondary N) is 1. The van der Waals surface area contributed by atoms with E-state index in [0.717, 1.165) is 63.1 Å². The van der Waals surface area contributed by atoms with Gasteiger partial charge in [0.05, 0.1) is 6.10 Å². The van der Waals surface area contributed by atoms with E-state index < -0.39 is 0 Å². The van der Waals surface area contributed by atoms with Crippen LogP contribution in [-0.2, 0) is 9.59 Å². The van der Waals surface area contributed by atoms with Gasteiger partial charge in [0.15, 0.2) is 0 Å². The number of rotatable bonds is 5. The first kappa shape index (κ1) is 20.7. The number of likely N-dealkylation sites (tertiary alicyclic amines) is 1. The van der Waals surface area contributed by atoms with Gasteiger partial charge < -0.3 is 15.0 Å². The van der Waals surface area contributed by atoms with Gasteiger partial charge in [0.25, 0.3) is 0 Å². The number of carbonyl (C=O) groups excluding carboxylic acids is 2. The molecule has 1 aromatic rings. The molecule has 0 aromatic heterocycles. The molecule has 2 fully saturated rings. The zero-order chi connectivity index (χ0) is 19.9. The fourth-order valence-electron chi connectivity index (χ4n) is 4.29. The Kier molecular flexibility index (Phi) is 7.35. The highest BCUT2D eigenvalue weighted by molar-refractivity contribution is 5.92. The zero-order valence-electron chi connectivity index (χ0n) is 17.3. The third kappa shape index (κ3) is 5.73. The van der Waals surface area contributed by atoms with Crippen LogP contribution in [0.25, 0.3) is 0 Å². The van der Waals surface area contributed by atoms with Crippen LogP contribution in [0.4, 0.5) is 5.69 Å². The van der Waals surface area contributed by atoms with Crippen molar-refractivity contribution in [3.63, 3.8) is 0 Å². The Bertz CT molecular complexity index is 640. The Hall–Kier alpha value is -2.04. The summed E-state index contributed by atoms with van der Waals surface area (Å²) in [4.78, 5) is 27.5. The van der Waals surface area contributed by atoms with Crippen LogP contribution in [0.3, 0.4) is 0 Å². The molecular formula is C23H34N2O3. The molecular weight excluding hydrogens is 352 g/mol. The van der Waals surface area contributed by atoms with E-state index in [2.05, 4.69) is 10.2 Å². The average Bonchev–Trinajstić information content (AvgIpc) is 2.98. The van der Waals surface area contributed by atoms with Crippen molar-refractivity contribution in [2.24, 2.45) is 11.8 Å². The highest BCUT2D eigenvalue weighted by Crippen LogP contribution is 2.31. The van der Waals surface area contributed by atoms with Crippen molar-refractivity contribution in [2.75, 3.05) is 18.4 Å². The minimum atomic E-state index is -0.000209. The lowest BCUT2D eigenvalue weighted by Gasteiger charge is -2.31. The summed E-state index contributed by atoms with van der Waals surface area (Å²) in [5, 5.41) is 3.02. The van der Waals surface area contributed by atoms with Gasteiger partial charge in [-0.25, -0.2) is 0 Å². The van der Waals surface area contributed by atoms with E-state index >= 15 is 0 Å². The number of hydrogen-bond acceptors (Lipinski definition) is 3. The normalized spacial score (nSPS) is 23.2. The summed E-state index contributed by atoms with van der Waals surface area (Å²) in [6.45, 7) is 5.80. The van der Waals surface area contributed by atoms with Crippen molar-refractivity contribution >= 4 is 17.5 Å². The molecule has 1 aliphatic carbocycles. The number of nitrogens with zero attached hydrogens (tertiary/aromatic N) is 1. The van der Waals surface area contributed by atoms with Crippen LogP contribution in [-0.4, -0.2) is 35.9 Å². The fourth-order valence-corrected chi connectivity index (χ4v) is 4.29. The molecule has 0 spiro atoms. The molecule has 0 unspecified atom stereocenters. The second-order valence-corrected chi connectivity index (χ2v) is 8.47. The molecule has 1 heterocycles. The van der Waals surface area contributed by atoms with E-state index in [1.165, 1.54) is 12.8 Å². The zero-order valence-corrected chi connectivity index (χ0v) is 17.3. The molecule has 3 rings (SSSR count). The van der Waals surface area contributed by atoms with E-state index in [1.54, 1.807) is 0 Å². The van der Waals surface area contributed by atoms with Gasteiger partial charge in [0.1, 0.15) is 5.75 Å². The van der Waals surface area contributed by atoms with Gasteiger partial charge in [0, 0.05) is 30.6 Å². The average molecular weight is 387 g/mol. The molecule has 1 saturated carbocycles. The standard InChI is InChI=1S/C23H34N2O3/c1-17(2)28-21-13-11-20(12-14-21)24-22(26)18-7-9-19(10-8-18)23(27)25-15-5-3-4-6-16-25/h11-14,17-19H,3-10,15-16H2,1-2H3,(H,24,26). The van der Waals surface area contributed by atoms with Crippen LogP contribution in [0.1, 0.15) is 65.2 Å². The van der Waals surface area contributed by atoms with Crippen molar-refractivity contribution in [1.29, 1.82) is 0 Å². The first-order valence-electron chi connectivity index (χ1n) is 10.9. The third-order valence-electron chi connectivity index (χ3n) is 5.86. The minimum Gasteiger partial charge on any atom is -0.491 e. The van der Waals surface area contributed by atoms with Crippen LogP contribution in [0, 0.1) is 11.8 Å². The predicted molar refractivity (Wildman–Crippen MR) is 111 cm³/mol. The molecule has 2 amide bonds. The molecule has 0 atom stereocenters. The molecule has 1 saturated heterocycles. The molecule has 28 heavy (non-hydrogen) atoms. The summed E-state index contributed by atoms with van der Waals surface area (Å²) in [6, 6.07) is 7.52. The largest absolute Gasteiger partial charge is 0.491 e. The summed E-state index contributed by atoms with van der Waals surface area (Å²) in [5.74, 6) is 1.30. The van der Waals surface area contributed by atoms with Gasteiger partial charge in [-0.05, 0) is 76.6 Å². The van der Waals surface area contributed by atoms with Gasteiger partial charge in [-0.3, -0.25) is 9.59 Å². The molecule has 5 nitrogen and oxygen atoms in total. The van der Waals surface area contributed by atoms with Crippen LogP contribution >= 0.6 is 0 Å². The number of ether oxygens (including phenoxy) is 1. The maximum atomic E-state index is 12.8. The summed E-state index contributed by atoms with van der Waals surface area (Å²) in [6.07, 6.45) is 8.11. The van der Waals surface area contributed by atoms with Crippen molar-refractivity contribution in [1.82, 2.24) is 4.90 Å². The summed E-state index contributed by atoms with van der Waals surface area (Å²) < 4.78 is 5.63. The maximum absolute atomic E-state index is 12.8. The molecule has 0 radical (unpaired) electrons. The minimum absolute atomic E-state index is 0.000209. The number of benzene rings is 1. The Morgan fingerprint density at radius 1 is 0.929 bits per heavy atom. The SMILES string of the molecule is CC(C)Oc1ccc(NC(=O)C2CCC(C(=O)N3CCCCCC3)CC2)cc1. The first-order valence-corrected chi connectivity index (χ1v) is 10.9. The third-order valence-corrected chi connectivity index (χ3v) is 5.86. The molecule has 5 heteroatoms. The number of carbonyl (C=O) groups is 2. The lowest BCUT2D eigenvalue weighted by Crippen LogP contribution is -2.39. The van der Waals surface area contributed by atoms with Crippen LogP contribution in [0.2, 0.25) is 0 Å². The second-order valence-electron chi connectivity index (χ2n) is 8.47.